The Kier molecular flexibility index (Phi) is 5.62. The first-order valence-electron chi connectivity index (χ1n) is 7.36. The summed E-state index contributed by atoms with van der Waals surface area (Å²) in [5.41, 5.74) is -0.146. The number of para-hydroxylation sites is 1. The summed E-state index contributed by atoms with van der Waals surface area (Å²) in [5.74, 6) is -0.603. The number of rotatable bonds is 7. The lowest BCUT2D eigenvalue weighted by Crippen LogP contribution is -2.33. The Morgan fingerprint density at radius 2 is 1.60 bits per heavy atom. The van der Waals surface area contributed by atoms with E-state index in [1.807, 2.05) is 42.3 Å². The molecule has 9 heteroatoms. The largest absolute Gasteiger partial charge is 0.373 e. The molecule has 0 aliphatic heterocycles. The number of benzene rings is 2. The smallest absolute Gasteiger partial charge is 0.277 e. The Balaban J connectivity index is 2.03. The van der Waals surface area contributed by atoms with Crippen LogP contribution >= 0.6 is 0 Å². The first-order chi connectivity index (χ1) is 11.9. The molecule has 0 saturated carbocycles. The van der Waals surface area contributed by atoms with Crippen LogP contribution in [0.3, 0.4) is 0 Å². The Morgan fingerprint density at radius 3 is 2.12 bits per heavy atom. The number of likely N-dealkylation sites (N-methyl/N-ethyl adjacent to an activating group) is 1. The molecular weight excluding hydrogens is 328 g/mol. The van der Waals surface area contributed by atoms with Gasteiger partial charge in [-0.2, -0.15) is 0 Å². The van der Waals surface area contributed by atoms with Gasteiger partial charge in [0.05, 0.1) is 21.5 Å². The molecule has 0 unspecified atom stereocenters. The van der Waals surface area contributed by atoms with E-state index in [0.29, 0.717) is 6.54 Å². The van der Waals surface area contributed by atoms with E-state index in [4.69, 9.17) is 0 Å². The molecule has 9 nitrogen and oxygen atoms in total. The number of carbonyl (C=O) groups is 1. The van der Waals surface area contributed by atoms with Crippen molar-refractivity contribution >= 4 is 23.0 Å². The zero-order valence-corrected chi connectivity index (χ0v) is 13.4. The molecule has 0 aliphatic carbocycles. The lowest BCUT2D eigenvalue weighted by molar-refractivity contribution is -0.394. The summed E-state index contributed by atoms with van der Waals surface area (Å²) in [6.45, 7) is 0.785. The molecule has 0 atom stereocenters. The number of non-ortho nitro benzene ring substituents is 2. The summed E-state index contributed by atoms with van der Waals surface area (Å²) in [5, 5.41) is 24.3. The van der Waals surface area contributed by atoms with E-state index in [2.05, 4.69) is 5.32 Å². The fourth-order valence-electron chi connectivity index (χ4n) is 2.19. The second kappa shape index (κ2) is 7.86. The van der Waals surface area contributed by atoms with E-state index in [0.717, 1.165) is 23.9 Å². The number of anilines is 1. The predicted molar refractivity (Wildman–Crippen MR) is 91.8 cm³/mol. The Bertz CT molecular complexity index is 762. The van der Waals surface area contributed by atoms with Gasteiger partial charge in [-0.05, 0) is 12.1 Å². The third-order valence-electron chi connectivity index (χ3n) is 3.52. The number of amides is 1. The summed E-state index contributed by atoms with van der Waals surface area (Å²) >= 11 is 0. The fourth-order valence-corrected chi connectivity index (χ4v) is 2.19. The van der Waals surface area contributed by atoms with Crippen molar-refractivity contribution in [3.63, 3.8) is 0 Å². The number of nitro groups is 2. The average molecular weight is 344 g/mol. The first kappa shape index (κ1) is 17.9. The van der Waals surface area contributed by atoms with Crippen LogP contribution in [0.4, 0.5) is 17.1 Å². The zero-order chi connectivity index (χ0) is 18.4. The van der Waals surface area contributed by atoms with E-state index in [1.165, 1.54) is 0 Å². The maximum atomic E-state index is 12.1. The van der Waals surface area contributed by atoms with Gasteiger partial charge in [0.25, 0.3) is 17.3 Å². The van der Waals surface area contributed by atoms with Crippen molar-refractivity contribution < 1.29 is 14.6 Å². The highest BCUT2D eigenvalue weighted by Gasteiger charge is 2.19. The van der Waals surface area contributed by atoms with Crippen molar-refractivity contribution in [3.8, 4) is 0 Å². The number of nitrogens with one attached hydrogen (secondary N) is 1. The lowest BCUT2D eigenvalue weighted by Gasteiger charge is -2.19. The molecule has 0 bridgehead atoms. The maximum Gasteiger partial charge on any atom is 0.277 e. The van der Waals surface area contributed by atoms with Gasteiger partial charge in [0, 0.05) is 38.0 Å². The molecule has 2 aromatic rings. The van der Waals surface area contributed by atoms with Crippen LogP contribution in [0.15, 0.2) is 48.5 Å². The normalized spacial score (nSPS) is 10.1. The van der Waals surface area contributed by atoms with Crippen molar-refractivity contribution in [1.29, 1.82) is 0 Å². The number of nitro benzene ring substituents is 2. The standard InChI is InChI=1S/C16H16N4O5/c1-18(13-5-3-2-4-6-13)8-7-17-16(21)12-9-14(19(22)23)11-15(10-12)20(24)25/h2-6,9-11H,7-8H2,1H3,(H,17,21). The lowest BCUT2D eigenvalue weighted by atomic mass is 10.1. The summed E-state index contributed by atoms with van der Waals surface area (Å²) < 4.78 is 0. The molecule has 2 rings (SSSR count). The van der Waals surface area contributed by atoms with Gasteiger partial charge in [-0.25, -0.2) is 0 Å². The molecule has 0 aliphatic rings. The molecule has 0 aromatic heterocycles. The van der Waals surface area contributed by atoms with Crippen molar-refractivity contribution in [2.24, 2.45) is 0 Å². The molecule has 0 fully saturated rings. The highest BCUT2D eigenvalue weighted by Crippen LogP contribution is 2.22. The van der Waals surface area contributed by atoms with Crippen LogP contribution in [0.25, 0.3) is 0 Å². The Labute approximate surface area is 143 Å². The van der Waals surface area contributed by atoms with Crippen LogP contribution in [0, 0.1) is 20.2 Å². The van der Waals surface area contributed by atoms with Crippen LogP contribution in [-0.2, 0) is 0 Å². The van der Waals surface area contributed by atoms with Gasteiger partial charge in [0.2, 0.25) is 0 Å². The van der Waals surface area contributed by atoms with Crippen molar-refractivity contribution in [2.75, 3.05) is 25.0 Å². The van der Waals surface area contributed by atoms with Gasteiger partial charge >= 0.3 is 0 Å². The second-order valence-corrected chi connectivity index (χ2v) is 5.27. The molecule has 2 aromatic carbocycles. The first-order valence-corrected chi connectivity index (χ1v) is 7.36. The van der Waals surface area contributed by atoms with Gasteiger partial charge < -0.3 is 10.2 Å². The van der Waals surface area contributed by atoms with Crippen molar-refractivity contribution in [3.05, 3.63) is 74.3 Å². The van der Waals surface area contributed by atoms with Crippen LogP contribution in [0.2, 0.25) is 0 Å². The van der Waals surface area contributed by atoms with Crippen molar-refractivity contribution in [1.82, 2.24) is 5.32 Å². The minimum Gasteiger partial charge on any atom is -0.373 e. The van der Waals surface area contributed by atoms with Crippen LogP contribution in [0.5, 0.6) is 0 Å². The van der Waals surface area contributed by atoms with E-state index < -0.39 is 27.1 Å². The molecule has 1 N–H and O–H groups in total. The van der Waals surface area contributed by atoms with E-state index in [-0.39, 0.29) is 12.1 Å². The van der Waals surface area contributed by atoms with Gasteiger partial charge in [0.15, 0.2) is 0 Å². The van der Waals surface area contributed by atoms with Gasteiger partial charge in [-0.3, -0.25) is 25.0 Å². The summed E-state index contributed by atoms with van der Waals surface area (Å²) in [6.07, 6.45) is 0. The Morgan fingerprint density at radius 1 is 1.04 bits per heavy atom. The molecule has 0 saturated heterocycles. The molecule has 130 valence electrons. The number of hydrogen-bond donors (Lipinski definition) is 1. The minimum absolute atomic E-state index is 0.122. The average Bonchev–Trinajstić information content (AvgIpc) is 2.61. The van der Waals surface area contributed by atoms with Gasteiger partial charge in [0.1, 0.15) is 0 Å². The number of hydrogen-bond acceptors (Lipinski definition) is 6. The molecule has 0 heterocycles. The topological polar surface area (TPSA) is 119 Å². The molecule has 0 spiro atoms. The summed E-state index contributed by atoms with van der Waals surface area (Å²) in [4.78, 5) is 34.2. The third-order valence-corrected chi connectivity index (χ3v) is 3.52. The quantitative estimate of drug-likeness (QED) is 0.608. The van der Waals surface area contributed by atoms with E-state index >= 15 is 0 Å². The summed E-state index contributed by atoms with van der Waals surface area (Å²) in [7, 11) is 1.86. The predicted octanol–water partition coefficient (Wildman–Crippen LogP) is 2.37. The van der Waals surface area contributed by atoms with Gasteiger partial charge in [-0.15, -0.1) is 0 Å². The number of nitrogens with zero attached hydrogens (tertiary/aromatic N) is 3. The molecular formula is C16H16N4O5. The molecule has 1 amide bonds. The van der Waals surface area contributed by atoms with E-state index in [1.54, 1.807) is 0 Å². The minimum atomic E-state index is -0.771. The molecule has 0 radical (unpaired) electrons. The highest BCUT2D eigenvalue weighted by atomic mass is 16.6. The zero-order valence-electron chi connectivity index (χ0n) is 13.4. The van der Waals surface area contributed by atoms with Crippen molar-refractivity contribution in [2.45, 2.75) is 0 Å². The van der Waals surface area contributed by atoms with Gasteiger partial charge in [-0.1, -0.05) is 18.2 Å². The van der Waals surface area contributed by atoms with E-state index in [9.17, 15) is 25.0 Å². The third kappa shape index (κ3) is 4.74. The second-order valence-electron chi connectivity index (χ2n) is 5.27. The highest BCUT2D eigenvalue weighted by molar-refractivity contribution is 5.95. The summed E-state index contributed by atoms with van der Waals surface area (Å²) in [6, 6.07) is 12.4. The van der Waals surface area contributed by atoms with Crippen LogP contribution in [-0.4, -0.2) is 35.9 Å². The fraction of sp³-hybridized carbons (Fsp3) is 0.188. The van der Waals surface area contributed by atoms with Crippen LogP contribution < -0.4 is 10.2 Å². The SMILES string of the molecule is CN(CCNC(=O)c1cc([N+](=O)[O-])cc([N+](=O)[O-])c1)c1ccccc1. The Hall–Kier alpha value is -3.49. The molecule has 25 heavy (non-hydrogen) atoms. The number of carbonyl (C=O) groups excluding carboxylic acids is 1. The maximum absolute atomic E-state index is 12.1. The van der Waals surface area contributed by atoms with Crippen LogP contribution in [0.1, 0.15) is 10.4 Å². The monoisotopic (exact) mass is 344 g/mol.